The Balaban J connectivity index is 2.01. The van der Waals surface area contributed by atoms with Crippen LogP contribution in [0.3, 0.4) is 0 Å². The zero-order chi connectivity index (χ0) is 19.3. The van der Waals surface area contributed by atoms with Crippen molar-refractivity contribution in [3.8, 4) is 0 Å². The fourth-order valence-corrected chi connectivity index (χ4v) is 2.55. The molecule has 1 atom stereocenters. The van der Waals surface area contributed by atoms with Crippen molar-refractivity contribution < 1.29 is 19.1 Å². The molecule has 0 saturated carbocycles. The molecule has 0 aromatic heterocycles. The van der Waals surface area contributed by atoms with Crippen molar-refractivity contribution >= 4 is 11.8 Å². The minimum Gasteiger partial charge on any atom is -0.480 e. The molecule has 2 aromatic rings. The molecule has 0 aliphatic rings. The maximum Gasteiger partial charge on any atom is 0.321 e. The number of halogens is 1. The molecule has 0 unspecified atom stereocenters. The van der Waals surface area contributed by atoms with Crippen molar-refractivity contribution in [3.63, 3.8) is 0 Å². The third-order valence-corrected chi connectivity index (χ3v) is 4.23. The maximum atomic E-state index is 12.9. The van der Waals surface area contributed by atoms with Crippen molar-refractivity contribution in [2.45, 2.75) is 45.2 Å². The molecule has 0 spiro atoms. The number of hydrogen-bond acceptors (Lipinski definition) is 3. The number of benzene rings is 2. The first kappa shape index (κ1) is 19.8. The Kier molecular flexibility index (Phi) is 6.27. The number of nitrogens with one attached hydrogen (secondary N) is 1. The molecule has 2 rings (SSSR count). The van der Waals surface area contributed by atoms with E-state index in [0.717, 1.165) is 11.1 Å². The normalized spacial score (nSPS) is 12.6. The number of Topliss-reactive ketones (excluding diaryl/α,β-unsaturated/α-hetero) is 1. The first-order valence-electron chi connectivity index (χ1n) is 8.51. The van der Waals surface area contributed by atoms with E-state index < -0.39 is 12.0 Å². The van der Waals surface area contributed by atoms with Crippen molar-refractivity contribution in [1.82, 2.24) is 5.32 Å². The highest BCUT2D eigenvalue weighted by Gasteiger charge is 2.22. The molecule has 4 nitrogen and oxygen atoms in total. The van der Waals surface area contributed by atoms with Crippen molar-refractivity contribution in [2.75, 3.05) is 0 Å². The number of aliphatic carboxylic acids is 1. The summed E-state index contributed by atoms with van der Waals surface area (Å²) in [7, 11) is 0. The summed E-state index contributed by atoms with van der Waals surface area (Å²) in [6, 6.07) is 12.1. The Hall–Kier alpha value is -2.53. The molecule has 0 amide bonds. The highest BCUT2D eigenvalue weighted by molar-refractivity contribution is 5.98. The Morgan fingerprint density at radius 3 is 2.12 bits per heavy atom. The van der Waals surface area contributed by atoms with Crippen LogP contribution in [0.2, 0.25) is 0 Å². The molecule has 0 radical (unpaired) electrons. The lowest BCUT2D eigenvalue weighted by molar-refractivity contribution is -0.139. The van der Waals surface area contributed by atoms with Gasteiger partial charge >= 0.3 is 5.97 Å². The Bertz CT molecular complexity index is 761. The fraction of sp³-hybridized carbons (Fsp3) is 0.333. The minimum atomic E-state index is -1.09. The van der Waals surface area contributed by atoms with Gasteiger partial charge in [0, 0.05) is 18.5 Å². The van der Waals surface area contributed by atoms with E-state index in [0.29, 0.717) is 5.56 Å². The van der Waals surface area contributed by atoms with Gasteiger partial charge in [-0.05, 0) is 28.7 Å². The van der Waals surface area contributed by atoms with Crippen LogP contribution in [0, 0.1) is 5.82 Å². The van der Waals surface area contributed by atoms with E-state index in [1.165, 1.54) is 12.1 Å². The fourth-order valence-electron chi connectivity index (χ4n) is 2.55. The van der Waals surface area contributed by atoms with Crippen LogP contribution in [0.5, 0.6) is 0 Å². The second kappa shape index (κ2) is 8.23. The number of carboxylic acid groups (broad SMARTS) is 1. The summed E-state index contributed by atoms with van der Waals surface area (Å²) < 4.78 is 12.9. The summed E-state index contributed by atoms with van der Waals surface area (Å²) in [6.07, 6.45) is -0.147. The molecule has 0 aliphatic carbocycles. The molecule has 0 aliphatic heterocycles. The van der Waals surface area contributed by atoms with E-state index in [1.54, 1.807) is 24.3 Å². The van der Waals surface area contributed by atoms with E-state index in [2.05, 4.69) is 26.1 Å². The van der Waals surface area contributed by atoms with Gasteiger partial charge in [-0.25, -0.2) is 4.39 Å². The summed E-state index contributed by atoms with van der Waals surface area (Å²) in [6.45, 7) is 6.50. The standard InChI is InChI=1S/C21H24FNO3/c1-21(2,3)16-8-6-15(7-9-16)19(24)12-18(20(25)26)23-13-14-4-10-17(22)11-5-14/h4-11,18,23H,12-13H2,1-3H3,(H,25,26)/t18-/m1/s1. The summed E-state index contributed by atoms with van der Waals surface area (Å²) in [5.74, 6) is -1.67. The first-order chi connectivity index (χ1) is 12.2. The van der Waals surface area contributed by atoms with E-state index in [9.17, 15) is 19.1 Å². The van der Waals surface area contributed by atoms with E-state index in [4.69, 9.17) is 0 Å². The highest BCUT2D eigenvalue weighted by Crippen LogP contribution is 2.22. The molecular weight excluding hydrogens is 333 g/mol. The monoisotopic (exact) mass is 357 g/mol. The van der Waals surface area contributed by atoms with Crippen LogP contribution in [0.1, 0.15) is 48.7 Å². The average Bonchev–Trinajstić information content (AvgIpc) is 2.59. The Morgan fingerprint density at radius 1 is 1.04 bits per heavy atom. The number of hydrogen-bond donors (Lipinski definition) is 2. The third kappa shape index (κ3) is 5.49. The second-order valence-corrected chi connectivity index (χ2v) is 7.35. The van der Waals surface area contributed by atoms with Gasteiger partial charge in [0.1, 0.15) is 11.9 Å². The van der Waals surface area contributed by atoms with E-state index in [1.807, 2.05) is 12.1 Å². The van der Waals surface area contributed by atoms with Crippen LogP contribution >= 0.6 is 0 Å². The zero-order valence-electron chi connectivity index (χ0n) is 15.3. The van der Waals surface area contributed by atoms with Crippen LogP contribution in [-0.2, 0) is 16.8 Å². The second-order valence-electron chi connectivity index (χ2n) is 7.35. The summed E-state index contributed by atoms with van der Waals surface area (Å²) >= 11 is 0. The summed E-state index contributed by atoms with van der Waals surface area (Å²) in [5.41, 5.74) is 2.34. The molecule has 0 fully saturated rings. The molecule has 0 saturated heterocycles. The lowest BCUT2D eigenvalue weighted by Gasteiger charge is -2.19. The Labute approximate surface area is 153 Å². The van der Waals surface area contributed by atoms with Gasteiger partial charge in [0.2, 0.25) is 0 Å². The third-order valence-electron chi connectivity index (χ3n) is 4.23. The number of ketones is 1. The SMILES string of the molecule is CC(C)(C)c1ccc(C(=O)C[C@@H](NCc2ccc(F)cc2)C(=O)O)cc1. The largest absolute Gasteiger partial charge is 0.480 e. The van der Waals surface area contributed by atoms with Gasteiger partial charge in [-0.15, -0.1) is 0 Å². The lowest BCUT2D eigenvalue weighted by atomic mass is 9.86. The van der Waals surface area contributed by atoms with E-state index >= 15 is 0 Å². The number of carboxylic acids is 1. The molecule has 2 N–H and O–H groups in total. The van der Waals surface area contributed by atoms with Crippen LogP contribution in [0.25, 0.3) is 0 Å². The first-order valence-corrected chi connectivity index (χ1v) is 8.51. The van der Waals surface area contributed by atoms with Gasteiger partial charge in [0.25, 0.3) is 0 Å². The number of carbonyl (C=O) groups is 2. The maximum absolute atomic E-state index is 12.9. The number of carbonyl (C=O) groups excluding carboxylic acids is 1. The predicted octanol–water partition coefficient (Wildman–Crippen LogP) is 3.94. The van der Waals surface area contributed by atoms with E-state index in [-0.39, 0.29) is 30.0 Å². The molecule has 0 bridgehead atoms. The van der Waals surface area contributed by atoms with Gasteiger partial charge in [0.05, 0.1) is 0 Å². The van der Waals surface area contributed by atoms with Gasteiger partial charge < -0.3 is 5.11 Å². The topological polar surface area (TPSA) is 66.4 Å². The van der Waals surface area contributed by atoms with Crippen molar-refractivity contribution in [3.05, 3.63) is 71.0 Å². The minimum absolute atomic E-state index is 0.0120. The van der Waals surface area contributed by atoms with Crippen molar-refractivity contribution in [2.24, 2.45) is 0 Å². The lowest BCUT2D eigenvalue weighted by Crippen LogP contribution is -2.38. The van der Waals surface area contributed by atoms with Crippen LogP contribution < -0.4 is 5.32 Å². The number of rotatable bonds is 7. The molecule has 2 aromatic carbocycles. The van der Waals surface area contributed by atoms with Gasteiger partial charge in [-0.2, -0.15) is 0 Å². The average molecular weight is 357 g/mol. The van der Waals surface area contributed by atoms with Crippen molar-refractivity contribution in [1.29, 1.82) is 0 Å². The molecule has 5 heteroatoms. The van der Waals surface area contributed by atoms with Gasteiger partial charge in [-0.1, -0.05) is 57.2 Å². The van der Waals surface area contributed by atoms with Gasteiger partial charge in [-0.3, -0.25) is 14.9 Å². The van der Waals surface area contributed by atoms with Crippen LogP contribution in [0.4, 0.5) is 4.39 Å². The van der Waals surface area contributed by atoms with Crippen LogP contribution in [0.15, 0.2) is 48.5 Å². The van der Waals surface area contributed by atoms with Gasteiger partial charge in [0.15, 0.2) is 5.78 Å². The molecule has 26 heavy (non-hydrogen) atoms. The zero-order valence-corrected chi connectivity index (χ0v) is 15.3. The molecular formula is C21H24FNO3. The quantitative estimate of drug-likeness (QED) is 0.737. The molecule has 0 heterocycles. The highest BCUT2D eigenvalue weighted by atomic mass is 19.1. The summed E-state index contributed by atoms with van der Waals surface area (Å²) in [4.78, 5) is 23.9. The predicted molar refractivity (Wildman–Crippen MR) is 98.8 cm³/mol. The Morgan fingerprint density at radius 2 is 1.62 bits per heavy atom. The van der Waals surface area contributed by atoms with Crippen LogP contribution in [-0.4, -0.2) is 22.9 Å². The molecule has 138 valence electrons. The smallest absolute Gasteiger partial charge is 0.321 e. The summed E-state index contributed by atoms with van der Waals surface area (Å²) in [5, 5.41) is 12.2.